The van der Waals surface area contributed by atoms with Gasteiger partial charge >= 0.3 is 0 Å². The third kappa shape index (κ3) is 3.05. The van der Waals surface area contributed by atoms with Crippen molar-refractivity contribution in [3.05, 3.63) is 51.6 Å². The van der Waals surface area contributed by atoms with Gasteiger partial charge in [0.25, 0.3) is 5.56 Å². The van der Waals surface area contributed by atoms with Gasteiger partial charge in [0.05, 0.1) is 11.1 Å². The molecule has 0 aliphatic heterocycles. The Balaban J connectivity index is 1.99. The third-order valence-electron chi connectivity index (χ3n) is 4.20. The number of nitrogens with zero attached hydrogens (tertiary/aromatic N) is 3. The Bertz CT molecular complexity index is 986. The summed E-state index contributed by atoms with van der Waals surface area (Å²) >= 11 is 0. The number of aromatic nitrogens is 3. The lowest BCUT2D eigenvalue weighted by Gasteiger charge is -2.17. The highest BCUT2D eigenvalue weighted by Crippen LogP contribution is 2.19. The topological polar surface area (TPSA) is 90.0 Å². The SMILES string of the molecule is CC[C@H](C(=O)Nc1ccc(C)cc1)n1nc(C)c2c(C)onc2c1=O. The maximum absolute atomic E-state index is 12.7. The Hall–Kier alpha value is -2.96. The minimum absolute atomic E-state index is 0.201. The Labute approximate surface area is 144 Å². The van der Waals surface area contributed by atoms with Crippen LogP contribution in [0.25, 0.3) is 10.9 Å². The van der Waals surface area contributed by atoms with Gasteiger partial charge in [0.2, 0.25) is 5.91 Å². The van der Waals surface area contributed by atoms with E-state index in [1.807, 2.05) is 38.1 Å². The molecule has 0 spiro atoms. The van der Waals surface area contributed by atoms with Gasteiger partial charge in [-0.3, -0.25) is 9.59 Å². The second kappa shape index (κ2) is 6.51. The maximum Gasteiger partial charge on any atom is 0.297 e. The van der Waals surface area contributed by atoms with Crippen LogP contribution in [-0.2, 0) is 4.79 Å². The highest BCUT2D eigenvalue weighted by Gasteiger charge is 2.24. The van der Waals surface area contributed by atoms with Crippen molar-refractivity contribution in [2.24, 2.45) is 0 Å². The lowest BCUT2D eigenvalue weighted by Crippen LogP contribution is -2.35. The number of carbonyl (C=O) groups is 1. The summed E-state index contributed by atoms with van der Waals surface area (Å²) in [6.07, 6.45) is 0.423. The first-order valence-corrected chi connectivity index (χ1v) is 8.15. The van der Waals surface area contributed by atoms with Gasteiger partial charge in [0.1, 0.15) is 11.8 Å². The van der Waals surface area contributed by atoms with Crippen molar-refractivity contribution in [2.75, 3.05) is 5.32 Å². The number of anilines is 1. The first-order valence-electron chi connectivity index (χ1n) is 8.15. The van der Waals surface area contributed by atoms with E-state index in [-0.39, 0.29) is 11.4 Å². The van der Waals surface area contributed by atoms with Gasteiger partial charge in [0.15, 0.2) is 5.52 Å². The summed E-state index contributed by atoms with van der Waals surface area (Å²) < 4.78 is 6.31. The summed E-state index contributed by atoms with van der Waals surface area (Å²) in [6, 6.07) is 6.75. The lowest BCUT2D eigenvalue weighted by atomic mass is 10.1. The van der Waals surface area contributed by atoms with E-state index >= 15 is 0 Å². The fraction of sp³-hybridized carbons (Fsp3) is 0.333. The molecule has 0 bridgehead atoms. The molecule has 0 aliphatic carbocycles. The molecule has 1 N–H and O–H groups in total. The molecule has 0 saturated carbocycles. The van der Waals surface area contributed by atoms with Crippen molar-refractivity contribution in [1.29, 1.82) is 0 Å². The van der Waals surface area contributed by atoms with Crippen LogP contribution in [0.1, 0.15) is 36.4 Å². The van der Waals surface area contributed by atoms with E-state index < -0.39 is 11.6 Å². The van der Waals surface area contributed by atoms with E-state index in [9.17, 15) is 9.59 Å². The molecule has 130 valence electrons. The van der Waals surface area contributed by atoms with Gasteiger partial charge in [0, 0.05) is 5.69 Å². The fourth-order valence-corrected chi connectivity index (χ4v) is 2.85. The molecule has 0 aliphatic rings. The number of hydrogen-bond donors (Lipinski definition) is 1. The minimum atomic E-state index is -0.728. The van der Waals surface area contributed by atoms with Crippen LogP contribution >= 0.6 is 0 Å². The second-order valence-corrected chi connectivity index (χ2v) is 6.08. The maximum atomic E-state index is 12.7. The van der Waals surface area contributed by atoms with Crippen LogP contribution in [0.3, 0.4) is 0 Å². The first-order chi connectivity index (χ1) is 11.9. The number of rotatable bonds is 4. The van der Waals surface area contributed by atoms with Crippen molar-refractivity contribution in [3.8, 4) is 0 Å². The number of amides is 1. The molecule has 0 saturated heterocycles. The number of hydrogen-bond acceptors (Lipinski definition) is 5. The molecule has 7 nitrogen and oxygen atoms in total. The van der Waals surface area contributed by atoms with Crippen LogP contribution in [0, 0.1) is 20.8 Å². The van der Waals surface area contributed by atoms with Crippen molar-refractivity contribution < 1.29 is 9.32 Å². The number of fused-ring (bicyclic) bond motifs is 1. The zero-order valence-electron chi connectivity index (χ0n) is 14.7. The quantitative estimate of drug-likeness (QED) is 0.788. The van der Waals surface area contributed by atoms with Gasteiger partial charge in [-0.2, -0.15) is 5.10 Å². The normalized spacial score (nSPS) is 12.3. The molecule has 2 aromatic heterocycles. The summed E-state index contributed by atoms with van der Waals surface area (Å²) in [5.74, 6) is 0.251. The van der Waals surface area contributed by atoms with E-state index in [2.05, 4.69) is 15.6 Å². The summed E-state index contributed by atoms with van der Waals surface area (Å²) in [4.78, 5) is 25.4. The van der Waals surface area contributed by atoms with E-state index in [1.54, 1.807) is 13.8 Å². The van der Waals surface area contributed by atoms with Gasteiger partial charge in [-0.15, -0.1) is 0 Å². The number of aryl methyl sites for hydroxylation is 3. The van der Waals surface area contributed by atoms with Gasteiger partial charge < -0.3 is 9.84 Å². The zero-order chi connectivity index (χ0) is 18.1. The number of carbonyl (C=O) groups excluding carboxylic acids is 1. The molecule has 1 amide bonds. The van der Waals surface area contributed by atoms with Crippen molar-refractivity contribution in [3.63, 3.8) is 0 Å². The molecule has 0 unspecified atom stereocenters. The molecular weight excluding hydrogens is 320 g/mol. The molecule has 1 atom stereocenters. The summed E-state index contributed by atoms with van der Waals surface area (Å²) in [7, 11) is 0. The monoisotopic (exact) mass is 340 g/mol. The summed E-state index contributed by atoms with van der Waals surface area (Å²) in [5, 5.41) is 11.6. The standard InChI is InChI=1S/C18H20N4O3/c1-5-14(17(23)19-13-8-6-10(2)7-9-13)22-18(24)16-15(11(3)20-22)12(4)25-21-16/h6-9,14H,5H2,1-4H3,(H,19,23)/t14-/m1/s1. The van der Waals surface area contributed by atoms with Crippen molar-refractivity contribution in [1.82, 2.24) is 14.9 Å². The molecule has 1 aromatic carbocycles. The average molecular weight is 340 g/mol. The zero-order valence-corrected chi connectivity index (χ0v) is 14.7. The molecular formula is C18H20N4O3. The van der Waals surface area contributed by atoms with E-state index in [0.29, 0.717) is 28.9 Å². The van der Waals surface area contributed by atoms with E-state index in [1.165, 1.54) is 4.68 Å². The Morgan fingerprint density at radius 1 is 1.24 bits per heavy atom. The van der Waals surface area contributed by atoms with Crippen LogP contribution in [-0.4, -0.2) is 20.8 Å². The molecule has 3 aromatic rings. The smallest absolute Gasteiger partial charge is 0.297 e. The molecule has 0 radical (unpaired) electrons. The Kier molecular flexibility index (Phi) is 4.39. The Morgan fingerprint density at radius 3 is 2.56 bits per heavy atom. The van der Waals surface area contributed by atoms with Crippen LogP contribution in [0.5, 0.6) is 0 Å². The van der Waals surface area contributed by atoms with Gasteiger partial charge in [-0.05, 0) is 39.3 Å². The highest BCUT2D eigenvalue weighted by atomic mass is 16.5. The largest absolute Gasteiger partial charge is 0.360 e. The van der Waals surface area contributed by atoms with E-state index in [0.717, 1.165) is 5.56 Å². The predicted molar refractivity (Wildman–Crippen MR) is 94.7 cm³/mol. The molecule has 2 heterocycles. The summed E-state index contributed by atoms with van der Waals surface area (Å²) in [5.41, 5.74) is 2.16. The Morgan fingerprint density at radius 2 is 1.92 bits per heavy atom. The molecule has 0 fully saturated rings. The van der Waals surface area contributed by atoms with Crippen molar-refractivity contribution in [2.45, 2.75) is 40.2 Å². The van der Waals surface area contributed by atoms with E-state index in [4.69, 9.17) is 4.52 Å². The number of benzene rings is 1. The first kappa shape index (κ1) is 16.9. The average Bonchev–Trinajstić information content (AvgIpc) is 2.97. The number of nitrogens with one attached hydrogen (secondary N) is 1. The fourth-order valence-electron chi connectivity index (χ4n) is 2.85. The predicted octanol–water partition coefficient (Wildman–Crippen LogP) is 2.90. The van der Waals surface area contributed by atoms with Gasteiger partial charge in [-0.1, -0.05) is 29.8 Å². The summed E-state index contributed by atoms with van der Waals surface area (Å²) in [6.45, 7) is 7.31. The molecule has 25 heavy (non-hydrogen) atoms. The lowest BCUT2D eigenvalue weighted by molar-refractivity contribution is -0.119. The van der Waals surface area contributed by atoms with Crippen LogP contribution in [0.4, 0.5) is 5.69 Å². The molecule has 7 heteroatoms. The second-order valence-electron chi connectivity index (χ2n) is 6.08. The minimum Gasteiger partial charge on any atom is -0.360 e. The van der Waals surface area contributed by atoms with Crippen LogP contribution < -0.4 is 10.9 Å². The van der Waals surface area contributed by atoms with Crippen LogP contribution in [0.15, 0.2) is 33.6 Å². The highest BCUT2D eigenvalue weighted by molar-refractivity contribution is 5.93. The third-order valence-corrected chi connectivity index (χ3v) is 4.20. The molecule has 3 rings (SSSR count). The van der Waals surface area contributed by atoms with Crippen LogP contribution in [0.2, 0.25) is 0 Å². The van der Waals surface area contributed by atoms with Gasteiger partial charge in [-0.25, -0.2) is 4.68 Å². The van der Waals surface area contributed by atoms with Crippen molar-refractivity contribution >= 4 is 22.5 Å².